The maximum Gasteiger partial charge on any atom is 0.319 e. The van der Waals surface area contributed by atoms with Gasteiger partial charge in [0.1, 0.15) is 5.75 Å². The molecule has 0 radical (unpaired) electrons. The number of hydrogen-bond acceptors (Lipinski definition) is 3. The largest absolute Gasteiger partial charge is 0.508 e. The predicted molar refractivity (Wildman–Crippen MR) is 70.4 cm³/mol. The number of hydroxylamine groups is 1. The molecule has 0 aliphatic rings. The number of carbonyl (C=O) groups is 1. The van der Waals surface area contributed by atoms with Gasteiger partial charge in [-0.25, -0.2) is 5.48 Å². The average molecular weight is 253 g/mol. The third-order valence-corrected chi connectivity index (χ3v) is 2.51. The van der Waals surface area contributed by atoms with Crippen molar-refractivity contribution < 1.29 is 15.1 Å². The number of aromatic hydroxyl groups is 1. The van der Waals surface area contributed by atoms with Crippen molar-refractivity contribution >= 4 is 5.91 Å². The van der Waals surface area contributed by atoms with Crippen molar-refractivity contribution in [3.63, 3.8) is 0 Å². The summed E-state index contributed by atoms with van der Waals surface area (Å²) in [7, 11) is 0. The summed E-state index contributed by atoms with van der Waals surface area (Å²) in [5.74, 6) is 4.33. The van der Waals surface area contributed by atoms with Crippen LogP contribution in [0, 0.1) is 11.8 Å². The summed E-state index contributed by atoms with van der Waals surface area (Å²) in [5, 5.41) is 17.5. The van der Waals surface area contributed by atoms with Gasteiger partial charge in [-0.05, 0) is 35.4 Å². The molecule has 1 amide bonds. The van der Waals surface area contributed by atoms with Gasteiger partial charge < -0.3 is 5.11 Å². The Morgan fingerprint density at radius 3 is 2.00 bits per heavy atom. The van der Waals surface area contributed by atoms with Crippen molar-refractivity contribution in [3.05, 3.63) is 54.1 Å². The second kappa shape index (κ2) is 5.71. The summed E-state index contributed by atoms with van der Waals surface area (Å²) in [5.41, 5.74) is 4.07. The topological polar surface area (TPSA) is 69.6 Å². The lowest BCUT2D eigenvalue weighted by Crippen LogP contribution is -2.15. The number of phenolic OH excluding ortho intramolecular Hbond substituents is 1. The van der Waals surface area contributed by atoms with E-state index in [9.17, 15) is 9.90 Å². The predicted octanol–water partition coefficient (Wildman–Crippen LogP) is 1.92. The SMILES string of the molecule is O=C(C#Cc1ccc(-c2ccc(O)cc2)cc1)NO. The maximum atomic E-state index is 10.7. The molecule has 0 atom stereocenters. The summed E-state index contributed by atoms with van der Waals surface area (Å²) in [6, 6.07) is 14.2. The lowest BCUT2D eigenvalue weighted by atomic mass is 10.0. The molecule has 3 N–H and O–H groups in total. The van der Waals surface area contributed by atoms with Gasteiger partial charge in [0.2, 0.25) is 0 Å². The highest BCUT2D eigenvalue weighted by Crippen LogP contribution is 2.21. The van der Waals surface area contributed by atoms with Crippen LogP contribution in [0.15, 0.2) is 48.5 Å². The van der Waals surface area contributed by atoms with Gasteiger partial charge in [0.15, 0.2) is 0 Å². The van der Waals surface area contributed by atoms with Gasteiger partial charge in [0.25, 0.3) is 0 Å². The number of benzene rings is 2. The molecule has 0 bridgehead atoms. The Morgan fingerprint density at radius 2 is 1.47 bits per heavy atom. The Labute approximate surface area is 110 Å². The maximum absolute atomic E-state index is 10.7. The number of carbonyl (C=O) groups excluding carboxylic acids is 1. The summed E-state index contributed by atoms with van der Waals surface area (Å²) in [4.78, 5) is 10.7. The third kappa shape index (κ3) is 3.35. The Bertz CT molecular complexity index is 634. The Hall–Kier alpha value is -2.77. The van der Waals surface area contributed by atoms with Crippen LogP contribution < -0.4 is 5.48 Å². The van der Waals surface area contributed by atoms with Gasteiger partial charge in [0, 0.05) is 11.5 Å². The normalized spacial score (nSPS) is 9.32. The summed E-state index contributed by atoms with van der Waals surface area (Å²) in [6.07, 6.45) is 0. The van der Waals surface area contributed by atoms with Crippen LogP contribution in [-0.2, 0) is 4.79 Å². The number of amides is 1. The summed E-state index contributed by atoms with van der Waals surface area (Å²) < 4.78 is 0. The van der Waals surface area contributed by atoms with Crippen LogP contribution in [0.2, 0.25) is 0 Å². The van der Waals surface area contributed by atoms with Crippen molar-refractivity contribution in [2.45, 2.75) is 0 Å². The first-order chi connectivity index (χ1) is 9.19. The van der Waals surface area contributed by atoms with E-state index in [1.165, 1.54) is 5.48 Å². The van der Waals surface area contributed by atoms with E-state index in [4.69, 9.17) is 5.21 Å². The van der Waals surface area contributed by atoms with Gasteiger partial charge in [-0.3, -0.25) is 10.0 Å². The van der Waals surface area contributed by atoms with Crippen LogP contribution in [0.5, 0.6) is 5.75 Å². The fraction of sp³-hybridized carbons (Fsp3) is 0. The summed E-state index contributed by atoms with van der Waals surface area (Å²) >= 11 is 0. The average Bonchev–Trinajstić information content (AvgIpc) is 2.46. The molecule has 0 saturated heterocycles. The molecule has 94 valence electrons. The smallest absolute Gasteiger partial charge is 0.319 e. The minimum Gasteiger partial charge on any atom is -0.508 e. The standard InChI is InChI=1S/C15H11NO3/c17-14-8-6-13(7-9-14)12-4-1-11(2-5-12)3-10-15(18)16-19/h1-2,4-9,17,19H,(H,16,18). The molecule has 19 heavy (non-hydrogen) atoms. The minimum atomic E-state index is -0.748. The Kier molecular flexibility index (Phi) is 3.81. The van der Waals surface area contributed by atoms with Gasteiger partial charge in [-0.15, -0.1) is 0 Å². The fourth-order valence-electron chi connectivity index (χ4n) is 1.56. The zero-order valence-electron chi connectivity index (χ0n) is 9.92. The van der Waals surface area contributed by atoms with Crippen molar-refractivity contribution in [1.82, 2.24) is 5.48 Å². The Balaban J connectivity index is 2.20. The van der Waals surface area contributed by atoms with E-state index in [1.807, 2.05) is 24.3 Å². The van der Waals surface area contributed by atoms with Gasteiger partial charge >= 0.3 is 5.91 Å². The number of hydrogen-bond donors (Lipinski definition) is 3. The number of rotatable bonds is 1. The molecular formula is C15H11NO3. The molecule has 0 heterocycles. The number of phenols is 1. The van der Waals surface area contributed by atoms with Crippen LogP contribution >= 0.6 is 0 Å². The zero-order valence-corrected chi connectivity index (χ0v) is 9.92. The second-order valence-corrected chi connectivity index (χ2v) is 3.82. The monoisotopic (exact) mass is 253 g/mol. The highest BCUT2D eigenvalue weighted by molar-refractivity contribution is 5.93. The van der Waals surface area contributed by atoms with E-state index in [1.54, 1.807) is 24.3 Å². The first kappa shape index (κ1) is 12.7. The van der Waals surface area contributed by atoms with Crippen LogP contribution in [0.25, 0.3) is 11.1 Å². The molecule has 0 aliphatic heterocycles. The van der Waals surface area contributed by atoms with Crippen molar-refractivity contribution in [3.8, 4) is 28.7 Å². The minimum absolute atomic E-state index is 0.223. The summed E-state index contributed by atoms with van der Waals surface area (Å²) in [6.45, 7) is 0. The molecule has 0 spiro atoms. The lowest BCUT2D eigenvalue weighted by Gasteiger charge is -2.01. The molecule has 0 aliphatic carbocycles. The van der Waals surface area contributed by atoms with Gasteiger partial charge in [-0.1, -0.05) is 30.2 Å². The van der Waals surface area contributed by atoms with Crippen molar-refractivity contribution in [2.75, 3.05) is 0 Å². The molecule has 4 heteroatoms. The molecule has 0 aromatic heterocycles. The fourth-order valence-corrected chi connectivity index (χ4v) is 1.56. The highest BCUT2D eigenvalue weighted by Gasteiger charge is 1.97. The molecule has 0 saturated carbocycles. The first-order valence-corrected chi connectivity index (χ1v) is 5.54. The molecule has 0 unspecified atom stereocenters. The van der Waals surface area contributed by atoms with Crippen molar-refractivity contribution in [1.29, 1.82) is 0 Å². The lowest BCUT2D eigenvalue weighted by molar-refractivity contribution is -0.123. The molecule has 2 aromatic rings. The van der Waals surface area contributed by atoms with E-state index >= 15 is 0 Å². The zero-order chi connectivity index (χ0) is 13.7. The molecule has 4 nitrogen and oxygen atoms in total. The van der Waals surface area contributed by atoms with Crippen LogP contribution in [0.4, 0.5) is 0 Å². The van der Waals surface area contributed by atoms with Gasteiger partial charge in [0.05, 0.1) is 0 Å². The first-order valence-electron chi connectivity index (χ1n) is 5.54. The Morgan fingerprint density at radius 1 is 0.947 bits per heavy atom. The van der Waals surface area contributed by atoms with E-state index in [0.29, 0.717) is 5.56 Å². The molecule has 0 fully saturated rings. The van der Waals surface area contributed by atoms with Crippen molar-refractivity contribution in [2.24, 2.45) is 0 Å². The van der Waals surface area contributed by atoms with E-state index < -0.39 is 5.91 Å². The van der Waals surface area contributed by atoms with E-state index in [2.05, 4.69) is 11.8 Å². The van der Waals surface area contributed by atoms with E-state index in [0.717, 1.165) is 11.1 Å². The van der Waals surface area contributed by atoms with E-state index in [-0.39, 0.29) is 5.75 Å². The third-order valence-electron chi connectivity index (χ3n) is 2.51. The van der Waals surface area contributed by atoms with Crippen LogP contribution in [0.1, 0.15) is 5.56 Å². The van der Waals surface area contributed by atoms with Crippen LogP contribution in [-0.4, -0.2) is 16.2 Å². The quantitative estimate of drug-likeness (QED) is 0.413. The van der Waals surface area contributed by atoms with Crippen LogP contribution in [0.3, 0.4) is 0 Å². The molecule has 2 rings (SSSR count). The highest BCUT2D eigenvalue weighted by atomic mass is 16.5. The molecular weight excluding hydrogens is 242 g/mol. The number of nitrogens with one attached hydrogen (secondary N) is 1. The molecule has 2 aromatic carbocycles. The second-order valence-electron chi connectivity index (χ2n) is 3.82. The van der Waals surface area contributed by atoms with Gasteiger partial charge in [-0.2, -0.15) is 0 Å².